The number of nitrogens with two attached hydrogens (primary N) is 1. The number of hydrogen-bond donors (Lipinski definition) is 1. The summed E-state index contributed by atoms with van der Waals surface area (Å²) in [5.41, 5.74) is 9.74. The lowest BCUT2D eigenvalue weighted by Crippen LogP contribution is -1.92. The molecule has 2 aromatic carbocycles. The average Bonchev–Trinajstić information content (AvgIpc) is 2.47. The van der Waals surface area contributed by atoms with Gasteiger partial charge < -0.3 is 10.5 Å². The fourth-order valence-electron chi connectivity index (χ4n) is 1.85. The number of thioether (sulfide) groups is 1. The molecule has 0 saturated heterocycles. The van der Waals surface area contributed by atoms with Crippen LogP contribution in [0.3, 0.4) is 0 Å². The van der Waals surface area contributed by atoms with Gasteiger partial charge in [-0.2, -0.15) is 5.26 Å². The Balaban J connectivity index is 2.15. The third-order valence-corrected chi connectivity index (χ3v) is 4.20. The number of hydrogen-bond acceptors (Lipinski definition) is 4. The molecular weight excluding hydrogens is 268 g/mol. The Morgan fingerprint density at radius 1 is 1.25 bits per heavy atom. The summed E-state index contributed by atoms with van der Waals surface area (Å²) in [6, 6.07) is 13.6. The van der Waals surface area contributed by atoms with E-state index in [0.29, 0.717) is 5.56 Å². The maximum atomic E-state index is 8.87. The predicted molar refractivity (Wildman–Crippen MR) is 82.9 cm³/mol. The van der Waals surface area contributed by atoms with Crippen LogP contribution in [0.4, 0.5) is 5.69 Å². The van der Waals surface area contributed by atoms with Crippen LogP contribution in [0.15, 0.2) is 41.3 Å². The Kier molecular flexibility index (Phi) is 4.54. The first kappa shape index (κ1) is 14.3. The van der Waals surface area contributed by atoms with Gasteiger partial charge in [0.05, 0.1) is 18.7 Å². The molecule has 0 bridgehead atoms. The van der Waals surface area contributed by atoms with E-state index in [-0.39, 0.29) is 0 Å². The van der Waals surface area contributed by atoms with Crippen molar-refractivity contribution in [2.45, 2.75) is 17.6 Å². The molecule has 0 spiro atoms. The second-order valence-electron chi connectivity index (χ2n) is 4.45. The van der Waals surface area contributed by atoms with Crippen LogP contribution in [0, 0.1) is 18.3 Å². The molecule has 4 heteroatoms. The quantitative estimate of drug-likeness (QED) is 0.686. The van der Waals surface area contributed by atoms with Gasteiger partial charge in [0.1, 0.15) is 5.75 Å². The van der Waals surface area contributed by atoms with Crippen LogP contribution >= 0.6 is 11.8 Å². The van der Waals surface area contributed by atoms with Crippen molar-refractivity contribution in [2.75, 3.05) is 12.8 Å². The Hall–Kier alpha value is -2.12. The van der Waals surface area contributed by atoms with E-state index in [1.165, 1.54) is 5.56 Å². The van der Waals surface area contributed by atoms with Crippen molar-refractivity contribution in [1.29, 1.82) is 5.26 Å². The van der Waals surface area contributed by atoms with Crippen LogP contribution in [0.2, 0.25) is 0 Å². The summed E-state index contributed by atoms with van der Waals surface area (Å²) in [5.74, 6) is 1.62. The fraction of sp³-hybridized carbons (Fsp3) is 0.188. The van der Waals surface area contributed by atoms with Gasteiger partial charge in [-0.05, 0) is 48.4 Å². The zero-order valence-corrected chi connectivity index (χ0v) is 12.3. The minimum Gasteiger partial charge on any atom is -0.497 e. The summed E-state index contributed by atoms with van der Waals surface area (Å²) in [6.07, 6.45) is 0. The molecule has 0 saturated carbocycles. The first-order valence-corrected chi connectivity index (χ1v) is 7.18. The number of ether oxygens (including phenoxy) is 1. The molecule has 0 fully saturated rings. The maximum Gasteiger partial charge on any atom is 0.120 e. The van der Waals surface area contributed by atoms with E-state index in [2.05, 4.69) is 6.07 Å². The fourth-order valence-corrected chi connectivity index (χ4v) is 2.92. The molecule has 102 valence electrons. The number of anilines is 1. The number of benzene rings is 2. The molecule has 2 aromatic rings. The van der Waals surface area contributed by atoms with Crippen molar-refractivity contribution in [3.63, 3.8) is 0 Å². The highest BCUT2D eigenvalue weighted by Crippen LogP contribution is 2.32. The number of methoxy groups -OCH3 is 1. The molecule has 20 heavy (non-hydrogen) atoms. The van der Waals surface area contributed by atoms with Crippen LogP contribution in [0.25, 0.3) is 0 Å². The zero-order chi connectivity index (χ0) is 14.5. The summed E-state index contributed by atoms with van der Waals surface area (Å²) in [5, 5.41) is 8.87. The second-order valence-corrected chi connectivity index (χ2v) is 5.46. The molecule has 0 amide bonds. The SMILES string of the molecule is COc1ccc(N)c(SCc2ccc(C#N)cc2C)c1. The topological polar surface area (TPSA) is 59.0 Å². The Morgan fingerprint density at radius 3 is 2.70 bits per heavy atom. The molecule has 0 unspecified atom stereocenters. The standard InChI is InChI=1S/C16H16N2OS/c1-11-7-12(9-17)3-4-13(11)10-20-16-8-14(19-2)5-6-15(16)18/h3-8H,10,18H2,1-2H3. The number of nitriles is 1. The summed E-state index contributed by atoms with van der Waals surface area (Å²) in [7, 11) is 1.64. The molecule has 0 aliphatic rings. The zero-order valence-electron chi connectivity index (χ0n) is 11.5. The van der Waals surface area contributed by atoms with E-state index in [1.807, 2.05) is 43.3 Å². The normalized spacial score (nSPS) is 10.1. The first-order valence-electron chi connectivity index (χ1n) is 6.20. The average molecular weight is 284 g/mol. The third-order valence-electron chi connectivity index (χ3n) is 3.08. The van der Waals surface area contributed by atoms with Gasteiger partial charge in [-0.25, -0.2) is 0 Å². The monoisotopic (exact) mass is 284 g/mol. The van der Waals surface area contributed by atoms with Gasteiger partial charge in [0.25, 0.3) is 0 Å². The molecule has 0 atom stereocenters. The molecule has 0 aromatic heterocycles. The van der Waals surface area contributed by atoms with Gasteiger partial charge in [0, 0.05) is 16.3 Å². The highest BCUT2D eigenvalue weighted by molar-refractivity contribution is 7.98. The van der Waals surface area contributed by atoms with Crippen molar-refractivity contribution in [1.82, 2.24) is 0 Å². The molecule has 3 nitrogen and oxygen atoms in total. The molecule has 0 aliphatic carbocycles. The van der Waals surface area contributed by atoms with Crippen LogP contribution < -0.4 is 10.5 Å². The van der Waals surface area contributed by atoms with Gasteiger partial charge in [-0.1, -0.05) is 6.07 Å². The molecular formula is C16H16N2OS. The minimum absolute atomic E-state index is 0.692. The molecule has 0 radical (unpaired) electrons. The molecule has 2 rings (SSSR count). The van der Waals surface area contributed by atoms with Gasteiger partial charge >= 0.3 is 0 Å². The number of rotatable bonds is 4. The lowest BCUT2D eigenvalue weighted by molar-refractivity contribution is 0.414. The van der Waals surface area contributed by atoms with Gasteiger partial charge in [-0.15, -0.1) is 11.8 Å². The summed E-state index contributed by atoms with van der Waals surface area (Å²) < 4.78 is 5.21. The summed E-state index contributed by atoms with van der Waals surface area (Å²) >= 11 is 1.67. The van der Waals surface area contributed by atoms with Crippen LogP contribution in [-0.2, 0) is 5.75 Å². The second kappa shape index (κ2) is 6.36. The lowest BCUT2D eigenvalue weighted by Gasteiger charge is -2.09. The van der Waals surface area contributed by atoms with E-state index in [9.17, 15) is 0 Å². The molecule has 2 N–H and O–H groups in total. The summed E-state index contributed by atoms with van der Waals surface area (Å²) in [4.78, 5) is 1.01. The van der Waals surface area contributed by atoms with Crippen molar-refractivity contribution >= 4 is 17.4 Å². The smallest absolute Gasteiger partial charge is 0.120 e. The largest absolute Gasteiger partial charge is 0.497 e. The third kappa shape index (κ3) is 3.25. The summed E-state index contributed by atoms with van der Waals surface area (Å²) in [6.45, 7) is 2.02. The maximum absolute atomic E-state index is 8.87. The van der Waals surface area contributed by atoms with Crippen LogP contribution in [0.5, 0.6) is 5.75 Å². The van der Waals surface area contributed by atoms with E-state index in [0.717, 1.165) is 27.6 Å². The highest BCUT2D eigenvalue weighted by atomic mass is 32.2. The predicted octanol–water partition coefficient (Wildman–Crippen LogP) is 3.75. The Morgan fingerprint density at radius 2 is 2.05 bits per heavy atom. The minimum atomic E-state index is 0.692. The highest BCUT2D eigenvalue weighted by Gasteiger charge is 2.05. The molecule has 0 heterocycles. The van der Waals surface area contributed by atoms with Crippen molar-refractivity contribution in [2.24, 2.45) is 0 Å². The van der Waals surface area contributed by atoms with Gasteiger partial charge in [0.15, 0.2) is 0 Å². The number of aryl methyl sites for hydroxylation is 1. The lowest BCUT2D eigenvalue weighted by atomic mass is 10.1. The Labute approximate surface area is 123 Å². The van der Waals surface area contributed by atoms with Crippen LogP contribution in [0.1, 0.15) is 16.7 Å². The molecule has 0 aliphatic heterocycles. The van der Waals surface area contributed by atoms with Crippen molar-refractivity contribution in [3.05, 3.63) is 53.1 Å². The number of nitrogens with zero attached hydrogens (tertiary/aromatic N) is 1. The van der Waals surface area contributed by atoms with Crippen molar-refractivity contribution < 1.29 is 4.74 Å². The van der Waals surface area contributed by atoms with Gasteiger partial charge in [-0.3, -0.25) is 0 Å². The Bertz CT molecular complexity index is 662. The van der Waals surface area contributed by atoms with E-state index in [1.54, 1.807) is 18.9 Å². The van der Waals surface area contributed by atoms with E-state index >= 15 is 0 Å². The number of nitrogen functional groups attached to an aromatic ring is 1. The van der Waals surface area contributed by atoms with Gasteiger partial charge in [0.2, 0.25) is 0 Å². The van der Waals surface area contributed by atoms with E-state index in [4.69, 9.17) is 15.7 Å². The van der Waals surface area contributed by atoms with E-state index < -0.39 is 0 Å². The van der Waals surface area contributed by atoms with Crippen molar-refractivity contribution in [3.8, 4) is 11.8 Å². The first-order chi connectivity index (χ1) is 9.63. The van der Waals surface area contributed by atoms with Crippen LogP contribution in [-0.4, -0.2) is 7.11 Å².